The number of benzene rings is 8. The monoisotopic (exact) mass is 677 g/mol. The van der Waals surface area contributed by atoms with Gasteiger partial charge in [0.15, 0.2) is 0 Å². The van der Waals surface area contributed by atoms with Crippen molar-refractivity contribution in [1.29, 1.82) is 0 Å². The third-order valence-corrected chi connectivity index (χ3v) is 11.1. The SMILES string of the molecule is c1cc2c3c(c1)-c1cc(-c4ccc5oc6ccccc6c5c4)ccc1OB3c1cc(-c3ccc(-n4c5ccccc5c5ccccc54)cc3)ccc1O2. The summed E-state index contributed by atoms with van der Waals surface area (Å²) >= 11 is 0. The average molecular weight is 678 g/mol. The first-order valence-corrected chi connectivity index (χ1v) is 18.0. The number of nitrogens with zero attached hydrogens (tertiary/aromatic N) is 1. The average Bonchev–Trinajstić information content (AvgIpc) is 3.76. The summed E-state index contributed by atoms with van der Waals surface area (Å²) < 4.78 is 22.0. The predicted molar refractivity (Wildman–Crippen MR) is 217 cm³/mol. The molecule has 4 nitrogen and oxygen atoms in total. The topological polar surface area (TPSA) is 36.5 Å². The van der Waals surface area contributed by atoms with Crippen LogP contribution in [0, 0.1) is 0 Å². The van der Waals surface area contributed by atoms with Gasteiger partial charge in [0.25, 0.3) is 0 Å². The number of hydrogen-bond donors (Lipinski definition) is 0. The lowest BCUT2D eigenvalue weighted by Gasteiger charge is -2.33. The maximum Gasteiger partial charge on any atom is 0.434 e. The van der Waals surface area contributed by atoms with Crippen LogP contribution in [0.15, 0.2) is 174 Å². The largest absolute Gasteiger partial charge is 0.551 e. The second kappa shape index (κ2) is 10.8. The van der Waals surface area contributed by atoms with E-state index >= 15 is 0 Å². The van der Waals surface area contributed by atoms with E-state index in [2.05, 4.69) is 156 Å². The molecule has 0 spiro atoms. The third-order valence-electron chi connectivity index (χ3n) is 11.1. The fourth-order valence-electron chi connectivity index (χ4n) is 8.62. The fraction of sp³-hybridized carbons (Fsp3) is 0. The van der Waals surface area contributed by atoms with Gasteiger partial charge in [-0.1, -0.05) is 103 Å². The zero-order valence-corrected chi connectivity index (χ0v) is 28.4. The summed E-state index contributed by atoms with van der Waals surface area (Å²) in [7, 11) is 0. The number of fused-ring (bicyclic) bond motifs is 10. The maximum absolute atomic E-state index is 6.91. The Morgan fingerprint density at radius 3 is 1.87 bits per heavy atom. The Kier molecular flexibility index (Phi) is 5.83. The van der Waals surface area contributed by atoms with Crippen molar-refractivity contribution in [1.82, 2.24) is 4.57 Å². The summed E-state index contributed by atoms with van der Waals surface area (Å²) in [6, 6.07) is 60.0. The first-order valence-electron chi connectivity index (χ1n) is 18.0. The molecule has 0 unspecified atom stereocenters. The van der Waals surface area contributed by atoms with Gasteiger partial charge < -0.3 is 18.4 Å². The number of rotatable bonds is 3. The molecular formula is C48H28BNO3. The molecule has 0 atom stereocenters. The highest BCUT2D eigenvalue weighted by atomic mass is 16.5. The van der Waals surface area contributed by atoms with Gasteiger partial charge in [0.05, 0.1) is 11.0 Å². The van der Waals surface area contributed by atoms with Crippen LogP contribution < -0.4 is 20.3 Å². The molecule has 0 saturated carbocycles. The zero-order chi connectivity index (χ0) is 34.6. The highest BCUT2D eigenvalue weighted by Crippen LogP contribution is 2.42. The fourth-order valence-corrected chi connectivity index (χ4v) is 8.62. The van der Waals surface area contributed by atoms with Crippen LogP contribution in [0.2, 0.25) is 0 Å². The van der Waals surface area contributed by atoms with Crippen molar-refractivity contribution in [2.45, 2.75) is 0 Å². The normalized spacial score (nSPS) is 12.8. The molecule has 0 N–H and O–H groups in total. The van der Waals surface area contributed by atoms with Crippen molar-refractivity contribution in [3.63, 3.8) is 0 Å². The smallest absolute Gasteiger partial charge is 0.434 e. The summed E-state index contributed by atoms with van der Waals surface area (Å²) in [5.41, 5.74) is 14.2. The van der Waals surface area contributed by atoms with Crippen LogP contribution in [-0.4, -0.2) is 11.5 Å². The van der Waals surface area contributed by atoms with Gasteiger partial charge in [0.2, 0.25) is 0 Å². The van der Waals surface area contributed by atoms with Crippen LogP contribution in [0.1, 0.15) is 0 Å². The van der Waals surface area contributed by atoms with Crippen LogP contribution in [0.3, 0.4) is 0 Å². The molecule has 4 heterocycles. The lowest BCUT2D eigenvalue weighted by atomic mass is 9.50. The molecule has 2 aliphatic rings. The number of aromatic nitrogens is 1. The van der Waals surface area contributed by atoms with E-state index in [0.717, 1.165) is 89.2 Å². The summed E-state index contributed by atoms with van der Waals surface area (Å²) in [5, 5.41) is 4.76. The quantitative estimate of drug-likeness (QED) is 0.175. The predicted octanol–water partition coefficient (Wildman–Crippen LogP) is 11.3. The Hall–Kier alpha value is -6.98. The van der Waals surface area contributed by atoms with Crippen molar-refractivity contribution in [2.75, 3.05) is 0 Å². The molecule has 5 heteroatoms. The first-order chi connectivity index (χ1) is 26.2. The molecule has 2 aromatic heterocycles. The van der Waals surface area contributed by atoms with E-state index in [1.807, 2.05) is 18.2 Å². The second-order valence-corrected chi connectivity index (χ2v) is 14.0. The van der Waals surface area contributed by atoms with E-state index in [4.69, 9.17) is 13.8 Å². The number of ether oxygens (including phenoxy) is 1. The lowest BCUT2D eigenvalue weighted by molar-refractivity contribution is 0.479. The van der Waals surface area contributed by atoms with Crippen molar-refractivity contribution in [2.24, 2.45) is 0 Å². The van der Waals surface area contributed by atoms with Crippen molar-refractivity contribution < 1.29 is 13.8 Å². The summed E-state index contributed by atoms with van der Waals surface area (Å²) in [6.45, 7) is -0.284. The van der Waals surface area contributed by atoms with Gasteiger partial charge in [0.1, 0.15) is 28.4 Å². The summed E-state index contributed by atoms with van der Waals surface area (Å²) in [4.78, 5) is 0. The van der Waals surface area contributed by atoms with E-state index < -0.39 is 0 Å². The summed E-state index contributed by atoms with van der Waals surface area (Å²) in [5.74, 6) is 2.53. The Morgan fingerprint density at radius 1 is 0.415 bits per heavy atom. The lowest BCUT2D eigenvalue weighted by Crippen LogP contribution is -2.53. The van der Waals surface area contributed by atoms with Crippen LogP contribution in [0.5, 0.6) is 17.2 Å². The minimum atomic E-state index is -0.284. The van der Waals surface area contributed by atoms with Gasteiger partial charge in [-0.3, -0.25) is 0 Å². The molecular weight excluding hydrogens is 649 g/mol. The molecule has 0 saturated heterocycles. The minimum absolute atomic E-state index is 0.284. The van der Waals surface area contributed by atoms with Gasteiger partial charge in [-0.2, -0.15) is 0 Å². The number of hydrogen-bond acceptors (Lipinski definition) is 3. The minimum Gasteiger partial charge on any atom is -0.551 e. The van der Waals surface area contributed by atoms with Gasteiger partial charge in [-0.05, 0) is 94.5 Å². The molecule has 0 radical (unpaired) electrons. The van der Waals surface area contributed by atoms with Crippen LogP contribution in [-0.2, 0) is 0 Å². The van der Waals surface area contributed by atoms with Gasteiger partial charge >= 0.3 is 6.92 Å². The molecule has 0 aliphatic carbocycles. The summed E-state index contributed by atoms with van der Waals surface area (Å²) in [6.07, 6.45) is 0. The van der Waals surface area contributed by atoms with Gasteiger partial charge in [0, 0.05) is 43.7 Å². The van der Waals surface area contributed by atoms with Crippen LogP contribution in [0.4, 0.5) is 0 Å². The van der Waals surface area contributed by atoms with Gasteiger partial charge in [-0.15, -0.1) is 0 Å². The molecule has 12 rings (SSSR count). The highest BCUT2D eigenvalue weighted by molar-refractivity contribution is 6.84. The van der Waals surface area contributed by atoms with E-state index in [0.29, 0.717) is 0 Å². The van der Waals surface area contributed by atoms with Crippen molar-refractivity contribution in [3.05, 3.63) is 170 Å². The number of para-hydroxylation sites is 3. The Morgan fingerprint density at radius 2 is 1.06 bits per heavy atom. The molecule has 8 aromatic carbocycles. The molecule has 2 aliphatic heterocycles. The maximum atomic E-state index is 6.91. The Bertz CT molecular complexity index is 3080. The molecule has 10 aromatic rings. The van der Waals surface area contributed by atoms with E-state index in [1.165, 1.54) is 21.8 Å². The highest BCUT2D eigenvalue weighted by Gasteiger charge is 2.40. The molecule has 246 valence electrons. The van der Waals surface area contributed by atoms with Crippen LogP contribution >= 0.6 is 0 Å². The Labute approximate surface area is 305 Å². The molecule has 0 bridgehead atoms. The molecule has 0 fully saturated rings. The first kappa shape index (κ1) is 28.7. The van der Waals surface area contributed by atoms with E-state index in [9.17, 15) is 0 Å². The zero-order valence-electron chi connectivity index (χ0n) is 28.4. The molecule has 0 amide bonds. The van der Waals surface area contributed by atoms with E-state index in [1.54, 1.807) is 0 Å². The van der Waals surface area contributed by atoms with Crippen molar-refractivity contribution in [3.8, 4) is 56.3 Å². The van der Waals surface area contributed by atoms with Crippen LogP contribution in [0.25, 0.3) is 82.8 Å². The van der Waals surface area contributed by atoms with Gasteiger partial charge in [-0.25, -0.2) is 0 Å². The molecule has 53 heavy (non-hydrogen) atoms. The third kappa shape index (κ3) is 4.19. The standard InChI is InChI=1S/C48H28BNO3/c1-4-12-41-34(8-1)35-9-2-5-13-42(35)50(41)33-21-16-29(17-22-33)32-20-25-46-40(28-32)49-48-37(11-7-15-47(48)52-46)39-27-31(19-24-45(39)53-49)30-18-23-44-38(26-30)36-10-3-6-14-43(36)51-44/h1-28H. The van der Waals surface area contributed by atoms with Crippen molar-refractivity contribution >= 4 is 61.6 Å². The van der Waals surface area contributed by atoms with E-state index in [-0.39, 0.29) is 6.92 Å². The second-order valence-electron chi connectivity index (χ2n) is 14.0. The Balaban J connectivity index is 0.916. The number of furan rings is 1.